The lowest BCUT2D eigenvalue weighted by Crippen LogP contribution is -2.35. The number of benzene rings is 1. The molecule has 5 nitrogen and oxygen atoms in total. The average Bonchev–Trinajstić information content (AvgIpc) is 2.38. The van der Waals surface area contributed by atoms with Crippen LogP contribution in [0, 0.1) is 0 Å². The maximum absolute atomic E-state index is 11.2. The predicted octanol–water partition coefficient (Wildman–Crippen LogP) is 0.913. The maximum Gasteiger partial charge on any atom is 0.236 e. The van der Waals surface area contributed by atoms with Crippen LogP contribution >= 0.6 is 12.4 Å². The molecular weight excluding hydrogens is 256 g/mol. The van der Waals surface area contributed by atoms with Gasteiger partial charge >= 0.3 is 0 Å². The van der Waals surface area contributed by atoms with Gasteiger partial charge in [0.05, 0.1) is 20.2 Å². The van der Waals surface area contributed by atoms with Crippen molar-refractivity contribution < 1.29 is 14.3 Å². The number of rotatable bonds is 6. The highest BCUT2D eigenvalue weighted by Crippen LogP contribution is 2.16. The first kappa shape index (κ1) is 16.5. The van der Waals surface area contributed by atoms with Crippen LogP contribution in [-0.4, -0.2) is 44.7 Å². The number of ether oxygens (including phenoxy) is 2. The molecule has 1 aromatic carbocycles. The second-order valence-corrected chi connectivity index (χ2v) is 3.54. The molecule has 0 aromatic heterocycles. The third kappa shape index (κ3) is 5.25. The number of methoxy groups -OCH3 is 1. The van der Waals surface area contributed by atoms with Gasteiger partial charge in [-0.1, -0.05) is 0 Å². The van der Waals surface area contributed by atoms with E-state index in [0.29, 0.717) is 13.2 Å². The molecule has 1 amide bonds. The summed E-state index contributed by atoms with van der Waals surface area (Å²) in [4.78, 5) is 12.7. The number of carbonyl (C=O) groups excluding carboxylic acids is 1. The zero-order chi connectivity index (χ0) is 12.7. The smallest absolute Gasteiger partial charge is 0.236 e. The zero-order valence-electron chi connectivity index (χ0n) is 10.6. The monoisotopic (exact) mass is 274 g/mol. The molecular formula is C12H19ClN2O3. The Morgan fingerprint density at radius 2 is 1.83 bits per heavy atom. The molecule has 102 valence electrons. The van der Waals surface area contributed by atoms with Gasteiger partial charge in [-0.15, -0.1) is 12.4 Å². The van der Waals surface area contributed by atoms with E-state index in [1.165, 1.54) is 0 Å². The number of nitrogens with two attached hydrogens (primary N) is 1. The Balaban J connectivity index is 0.00000289. The van der Waals surface area contributed by atoms with Crippen molar-refractivity contribution in [1.82, 2.24) is 4.90 Å². The molecule has 0 bridgehead atoms. The van der Waals surface area contributed by atoms with Crippen LogP contribution in [0.25, 0.3) is 0 Å². The summed E-state index contributed by atoms with van der Waals surface area (Å²) in [5.41, 5.74) is 5.24. The number of nitrogens with zero attached hydrogens (tertiary/aromatic N) is 1. The Morgan fingerprint density at radius 1 is 1.28 bits per heavy atom. The molecule has 0 atom stereocenters. The lowest BCUT2D eigenvalue weighted by Gasteiger charge is -2.16. The number of amides is 1. The first-order valence-corrected chi connectivity index (χ1v) is 5.38. The quantitative estimate of drug-likeness (QED) is 0.838. The molecule has 0 aliphatic heterocycles. The molecule has 0 aliphatic carbocycles. The van der Waals surface area contributed by atoms with E-state index in [9.17, 15) is 4.79 Å². The molecule has 0 saturated heterocycles. The predicted molar refractivity (Wildman–Crippen MR) is 72.4 cm³/mol. The van der Waals surface area contributed by atoms with Crippen molar-refractivity contribution in [3.8, 4) is 11.5 Å². The third-order valence-electron chi connectivity index (χ3n) is 2.36. The lowest BCUT2D eigenvalue weighted by molar-refractivity contribution is -0.128. The van der Waals surface area contributed by atoms with E-state index in [0.717, 1.165) is 11.5 Å². The molecule has 0 saturated carbocycles. The van der Waals surface area contributed by atoms with Crippen LogP contribution in [-0.2, 0) is 4.79 Å². The largest absolute Gasteiger partial charge is 0.497 e. The normalized spacial score (nSPS) is 9.28. The van der Waals surface area contributed by atoms with E-state index in [-0.39, 0.29) is 24.9 Å². The number of hydrogen-bond donors (Lipinski definition) is 1. The summed E-state index contributed by atoms with van der Waals surface area (Å²) in [6.45, 7) is 0.982. The summed E-state index contributed by atoms with van der Waals surface area (Å²) in [6, 6.07) is 7.29. The van der Waals surface area contributed by atoms with Crippen LogP contribution in [0.15, 0.2) is 24.3 Å². The van der Waals surface area contributed by atoms with Crippen LogP contribution in [0.1, 0.15) is 0 Å². The third-order valence-corrected chi connectivity index (χ3v) is 2.36. The van der Waals surface area contributed by atoms with Gasteiger partial charge in [0.25, 0.3) is 0 Å². The van der Waals surface area contributed by atoms with E-state index < -0.39 is 0 Å². The van der Waals surface area contributed by atoms with Gasteiger partial charge in [0, 0.05) is 7.05 Å². The minimum absolute atomic E-state index is 0. The number of halogens is 1. The van der Waals surface area contributed by atoms with Gasteiger partial charge in [0.2, 0.25) is 5.91 Å². The Hall–Kier alpha value is -1.46. The molecule has 6 heteroatoms. The molecule has 0 spiro atoms. The van der Waals surface area contributed by atoms with Crippen LogP contribution in [0.2, 0.25) is 0 Å². The summed E-state index contributed by atoms with van der Waals surface area (Å²) < 4.78 is 10.5. The van der Waals surface area contributed by atoms with Gasteiger partial charge in [0.15, 0.2) is 0 Å². The first-order valence-electron chi connectivity index (χ1n) is 5.38. The molecule has 18 heavy (non-hydrogen) atoms. The summed E-state index contributed by atoms with van der Waals surface area (Å²) in [5, 5.41) is 0. The van der Waals surface area contributed by atoms with E-state index in [4.69, 9.17) is 15.2 Å². The highest BCUT2D eigenvalue weighted by Gasteiger charge is 2.05. The van der Waals surface area contributed by atoms with Crippen LogP contribution in [0.3, 0.4) is 0 Å². The second kappa shape index (κ2) is 8.60. The summed E-state index contributed by atoms with van der Waals surface area (Å²) in [7, 11) is 3.32. The first-order chi connectivity index (χ1) is 8.17. The minimum Gasteiger partial charge on any atom is -0.497 e. The van der Waals surface area contributed by atoms with Crippen LogP contribution in [0.4, 0.5) is 0 Å². The van der Waals surface area contributed by atoms with Gasteiger partial charge in [-0.05, 0) is 24.3 Å². The Morgan fingerprint density at radius 3 is 2.33 bits per heavy atom. The fraction of sp³-hybridized carbons (Fsp3) is 0.417. The fourth-order valence-electron chi connectivity index (χ4n) is 1.25. The van der Waals surface area contributed by atoms with Crippen molar-refractivity contribution in [3.05, 3.63) is 24.3 Å². The van der Waals surface area contributed by atoms with E-state index in [1.807, 2.05) is 24.3 Å². The average molecular weight is 275 g/mol. The number of carbonyl (C=O) groups is 1. The molecule has 0 radical (unpaired) electrons. The Kier molecular flexibility index (Phi) is 7.91. The molecule has 1 aromatic rings. The van der Waals surface area contributed by atoms with Crippen molar-refractivity contribution in [3.63, 3.8) is 0 Å². The Bertz CT molecular complexity index is 357. The lowest BCUT2D eigenvalue weighted by atomic mass is 10.3. The van der Waals surface area contributed by atoms with Gasteiger partial charge in [0.1, 0.15) is 18.1 Å². The van der Waals surface area contributed by atoms with Crippen molar-refractivity contribution in [1.29, 1.82) is 0 Å². The molecule has 0 heterocycles. The van der Waals surface area contributed by atoms with Gasteiger partial charge in [-0.2, -0.15) is 0 Å². The Labute approximate surface area is 113 Å². The number of hydrogen-bond acceptors (Lipinski definition) is 4. The highest BCUT2D eigenvalue weighted by atomic mass is 35.5. The molecule has 0 unspecified atom stereocenters. The summed E-state index contributed by atoms with van der Waals surface area (Å²) >= 11 is 0. The van der Waals surface area contributed by atoms with Crippen molar-refractivity contribution in [2.45, 2.75) is 0 Å². The standard InChI is InChI=1S/C12H18N2O3.ClH/c1-14(12(15)9-13)7-8-17-11-5-3-10(16-2)4-6-11;/h3-6H,7-9,13H2,1-2H3;1H. The SMILES string of the molecule is COc1ccc(OCCN(C)C(=O)CN)cc1.Cl. The van der Waals surface area contributed by atoms with Gasteiger partial charge in [-0.3, -0.25) is 4.79 Å². The molecule has 2 N–H and O–H groups in total. The van der Waals surface area contributed by atoms with Crippen molar-refractivity contribution in [2.75, 3.05) is 33.9 Å². The van der Waals surface area contributed by atoms with E-state index in [1.54, 1.807) is 19.1 Å². The summed E-state index contributed by atoms with van der Waals surface area (Å²) in [5.74, 6) is 1.44. The van der Waals surface area contributed by atoms with Gasteiger partial charge < -0.3 is 20.1 Å². The van der Waals surface area contributed by atoms with Crippen molar-refractivity contribution in [2.24, 2.45) is 5.73 Å². The topological polar surface area (TPSA) is 64.8 Å². The fourth-order valence-corrected chi connectivity index (χ4v) is 1.25. The molecule has 0 fully saturated rings. The van der Waals surface area contributed by atoms with E-state index in [2.05, 4.69) is 0 Å². The van der Waals surface area contributed by atoms with Gasteiger partial charge in [-0.25, -0.2) is 0 Å². The minimum atomic E-state index is -0.0941. The van der Waals surface area contributed by atoms with E-state index >= 15 is 0 Å². The zero-order valence-corrected chi connectivity index (χ0v) is 11.4. The number of likely N-dealkylation sites (N-methyl/N-ethyl adjacent to an activating group) is 1. The molecule has 0 aliphatic rings. The van der Waals surface area contributed by atoms with Crippen LogP contribution < -0.4 is 15.2 Å². The van der Waals surface area contributed by atoms with Crippen LogP contribution in [0.5, 0.6) is 11.5 Å². The van der Waals surface area contributed by atoms with Crippen molar-refractivity contribution >= 4 is 18.3 Å². The second-order valence-electron chi connectivity index (χ2n) is 3.54. The molecule has 1 rings (SSSR count). The summed E-state index contributed by atoms with van der Waals surface area (Å²) in [6.07, 6.45) is 0. The highest BCUT2D eigenvalue weighted by molar-refractivity contribution is 5.85. The maximum atomic E-state index is 11.2.